The van der Waals surface area contributed by atoms with Crippen LogP contribution in [0.4, 0.5) is 5.69 Å². The Hall–Kier alpha value is -6.46. The normalized spacial score (nSPS) is 15.6. The van der Waals surface area contributed by atoms with Gasteiger partial charge in [-0.3, -0.25) is 4.98 Å². The van der Waals surface area contributed by atoms with E-state index in [-0.39, 0.29) is 6.04 Å². The first kappa shape index (κ1) is 26.7. The number of pyridine rings is 2. The summed E-state index contributed by atoms with van der Waals surface area (Å²) in [5.41, 5.74) is 11.0. The number of hydrogen-bond acceptors (Lipinski definition) is 4. The van der Waals surface area contributed by atoms with Crippen molar-refractivity contribution in [1.29, 1.82) is 0 Å². The second-order valence-electron chi connectivity index (χ2n) is 12.2. The highest BCUT2D eigenvalue weighted by molar-refractivity contribution is 6.15. The Balaban J connectivity index is 1.08. The third-order valence-corrected chi connectivity index (χ3v) is 9.43. The van der Waals surface area contributed by atoms with E-state index in [4.69, 9.17) is 14.4 Å². The summed E-state index contributed by atoms with van der Waals surface area (Å²) in [6.07, 6.45) is 10.3. The summed E-state index contributed by atoms with van der Waals surface area (Å²) in [6.45, 7) is 0. The molecule has 4 heterocycles. The van der Waals surface area contributed by atoms with Crippen LogP contribution in [-0.4, -0.2) is 32.1 Å². The van der Waals surface area contributed by atoms with Crippen LogP contribution in [0.25, 0.3) is 66.1 Å². The second kappa shape index (κ2) is 10.5. The number of aliphatic imine (C=N–C) groups is 1. The highest BCUT2D eigenvalue weighted by Crippen LogP contribution is 2.39. The van der Waals surface area contributed by atoms with Crippen LogP contribution in [0.15, 0.2) is 167 Å². The van der Waals surface area contributed by atoms with Gasteiger partial charge in [-0.05, 0) is 88.9 Å². The number of benzene rings is 5. The van der Waals surface area contributed by atoms with E-state index in [1.54, 1.807) is 0 Å². The Labute approximate surface area is 276 Å². The molecule has 1 atom stereocenters. The van der Waals surface area contributed by atoms with Crippen molar-refractivity contribution in [3.8, 4) is 22.4 Å². The van der Waals surface area contributed by atoms with E-state index < -0.39 is 0 Å². The van der Waals surface area contributed by atoms with Gasteiger partial charge in [0.2, 0.25) is 5.71 Å². The van der Waals surface area contributed by atoms with Crippen LogP contribution in [0, 0.1) is 0 Å². The van der Waals surface area contributed by atoms with Crippen molar-refractivity contribution in [2.45, 2.75) is 6.04 Å². The summed E-state index contributed by atoms with van der Waals surface area (Å²) in [6, 6.07) is 44.4. The molecule has 10 rings (SSSR count). The van der Waals surface area contributed by atoms with E-state index in [1.165, 1.54) is 0 Å². The smallest absolute Gasteiger partial charge is 0.332 e. The minimum atomic E-state index is 0.0632. The van der Waals surface area contributed by atoms with E-state index in [2.05, 4.69) is 143 Å². The average Bonchev–Trinajstić information content (AvgIpc) is 3.74. The molecule has 5 aromatic carbocycles. The van der Waals surface area contributed by atoms with Crippen molar-refractivity contribution in [3.63, 3.8) is 0 Å². The third-order valence-electron chi connectivity index (χ3n) is 9.43. The monoisotopic (exact) mass is 615 g/mol. The van der Waals surface area contributed by atoms with E-state index in [9.17, 15) is 0 Å². The summed E-state index contributed by atoms with van der Waals surface area (Å²) < 4.78 is 8.71. The van der Waals surface area contributed by atoms with Crippen LogP contribution in [0.1, 0.15) is 5.56 Å². The largest absolute Gasteiger partial charge is 0.456 e. The first-order valence-electron chi connectivity index (χ1n) is 16.1. The highest BCUT2D eigenvalue weighted by Gasteiger charge is 2.37. The molecule has 8 aromatic rings. The van der Waals surface area contributed by atoms with Crippen molar-refractivity contribution >= 4 is 61.0 Å². The molecule has 0 amide bonds. The SMILES string of the molecule is C1=CC2=NC(c3ccccc3)=[N+](c3ccc(-c4cccc5oc6ccc(-c7ccc8ccc9cccnc9c8n7)cc6c45)cc3)C2C=C1. The summed E-state index contributed by atoms with van der Waals surface area (Å²) in [7, 11) is 0. The molecule has 0 radical (unpaired) electrons. The molecule has 0 saturated carbocycles. The number of furan rings is 1. The lowest BCUT2D eigenvalue weighted by molar-refractivity contribution is -0.447. The lowest BCUT2D eigenvalue weighted by Crippen LogP contribution is -2.26. The van der Waals surface area contributed by atoms with Crippen LogP contribution < -0.4 is 0 Å². The van der Waals surface area contributed by atoms with Crippen LogP contribution >= 0.6 is 0 Å². The average molecular weight is 616 g/mol. The molecule has 5 heteroatoms. The lowest BCUT2D eigenvalue weighted by Gasteiger charge is -2.13. The molecule has 3 aromatic heterocycles. The molecular weight excluding hydrogens is 589 g/mol. The molecule has 5 nitrogen and oxygen atoms in total. The topological polar surface area (TPSA) is 54.3 Å². The van der Waals surface area contributed by atoms with E-state index in [0.717, 1.165) is 88.9 Å². The first-order chi connectivity index (χ1) is 23.8. The van der Waals surface area contributed by atoms with Gasteiger partial charge in [0, 0.05) is 33.3 Å². The zero-order valence-corrected chi connectivity index (χ0v) is 25.8. The fraction of sp³-hybridized carbons (Fsp3) is 0.0233. The summed E-state index contributed by atoms with van der Waals surface area (Å²) >= 11 is 0. The summed E-state index contributed by atoms with van der Waals surface area (Å²) in [4.78, 5) is 14.8. The van der Waals surface area contributed by atoms with E-state index >= 15 is 0 Å². The van der Waals surface area contributed by atoms with Crippen molar-refractivity contribution < 1.29 is 8.99 Å². The van der Waals surface area contributed by atoms with Crippen molar-refractivity contribution in [2.24, 2.45) is 4.99 Å². The van der Waals surface area contributed by atoms with Gasteiger partial charge in [-0.25, -0.2) is 9.56 Å². The highest BCUT2D eigenvalue weighted by atomic mass is 16.3. The number of fused-ring (bicyclic) bond motifs is 7. The maximum atomic E-state index is 6.39. The van der Waals surface area contributed by atoms with Gasteiger partial charge in [0.25, 0.3) is 0 Å². The molecule has 0 spiro atoms. The maximum Gasteiger partial charge on any atom is 0.332 e. The number of rotatable bonds is 4. The quantitative estimate of drug-likeness (QED) is 0.146. The zero-order valence-electron chi connectivity index (χ0n) is 25.8. The van der Waals surface area contributed by atoms with E-state index in [1.807, 2.05) is 24.4 Å². The van der Waals surface area contributed by atoms with Gasteiger partial charge in [-0.1, -0.05) is 78.9 Å². The van der Waals surface area contributed by atoms with E-state index in [0.29, 0.717) is 0 Å². The predicted molar refractivity (Wildman–Crippen MR) is 195 cm³/mol. The lowest BCUT2D eigenvalue weighted by atomic mass is 9.97. The summed E-state index contributed by atoms with van der Waals surface area (Å²) in [5.74, 6) is 0.959. The molecular formula is C43H27N4O+. The minimum Gasteiger partial charge on any atom is -0.456 e. The van der Waals surface area contributed by atoms with Crippen LogP contribution in [-0.2, 0) is 0 Å². The molecule has 0 bridgehead atoms. The Bertz CT molecular complexity index is 2720. The zero-order chi connectivity index (χ0) is 31.6. The maximum absolute atomic E-state index is 6.39. The molecule has 1 unspecified atom stereocenters. The van der Waals surface area contributed by atoms with Crippen LogP contribution in [0.5, 0.6) is 0 Å². The molecule has 48 heavy (non-hydrogen) atoms. The number of aromatic nitrogens is 2. The fourth-order valence-corrected chi connectivity index (χ4v) is 7.14. The molecule has 1 aliphatic carbocycles. The Morgan fingerprint density at radius 1 is 0.625 bits per heavy atom. The van der Waals surface area contributed by atoms with Gasteiger partial charge in [-0.2, -0.15) is 0 Å². The number of amidine groups is 1. The van der Waals surface area contributed by atoms with Gasteiger partial charge in [0.15, 0.2) is 6.04 Å². The van der Waals surface area contributed by atoms with Gasteiger partial charge >= 0.3 is 5.84 Å². The number of hydrogen-bond donors (Lipinski definition) is 0. The Morgan fingerprint density at radius 3 is 2.35 bits per heavy atom. The molecule has 0 N–H and O–H groups in total. The predicted octanol–water partition coefficient (Wildman–Crippen LogP) is 10.1. The first-order valence-corrected chi connectivity index (χ1v) is 16.1. The van der Waals surface area contributed by atoms with Crippen LogP contribution in [0.3, 0.4) is 0 Å². The second-order valence-corrected chi connectivity index (χ2v) is 12.2. The van der Waals surface area contributed by atoms with Crippen LogP contribution in [0.2, 0.25) is 0 Å². The fourth-order valence-electron chi connectivity index (χ4n) is 7.14. The minimum absolute atomic E-state index is 0.0632. The van der Waals surface area contributed by atoms with Gasteiger partial charge in [0.05, 0.1) is 22.3 Å². The van der Waals surface area contributed by atoms with Gasteiger partial charge in [-0.15, -0.1) is 0 Å². The summed E-state index contributed by atoms with van der Waals surface area (Å²) in [5, 5.41) is 4.32. The third kappa shape index (κ3) is 4.18. The van der Waals surface area contributed by atoms with Gasteiger partial charge in [0.1, 0.15) is 16.9 Å². The molecule has 0 fully saturated rings. The molecule has 0 saturated heterocycles. The van der Waals surface area contributed by atoms with Crippen molar-refractivity contribution in [2.75, 3.05) is 0 Å². The number of allylic oxidation sites excluding steroid dienone is 2. The molecule has 1 aliphatic heterocycles. The Kier molecular flexibility index (Phi) is 5.87. The molecule has 2 aliphatic rings. The van der Waals surface area contributed by atoms with Crippen molar-refractivity contribution in [3.05, 3.63) is 163 Å². The number of nitrogens with zero attached hydrogens (tertiary/aromatic N) is 4. The molecule has 224 valence electrons. The van der Waals surface area contributed by atoms with Gasteiger partial charge < -0.3 is 4.42 Å². The van der Waals surface area contributed by atoms with Crippen molar-refractivity contribution in [1.82, 2.24) is 9.97 Å². The Morgan fingerprint density at radius 2 is 1.46 bits per heavy atom. The standard InChI is InChI=1S/C43H27N4O/c1-2-8-30(9-3-1)43-46-36-12-4-5-13-37(36)47(43)32-21-17-27(18-22-32)33-11-6-14-39-40(33)34-26-31(20-24-38(34)48-39)35-23-19-29-16-15-28-10-7-25-44-41(28)42(29)45-35/h1-26,37H/q+1.